The first kappa shape index (κ1) is 19.3. The number of nitrogens with one attached hydrogen (secondary N) is 1. The fourth-order valence-electron chi connectivity index (χ4n) is 2.96. The molecule has 0 saturated heterocycles. The van der Waals surface area contributed by atoms with Crippen LogP contribution in [0.2, 0.25) is 10.0 Å². The minimum atomic E-state index is -0.402. The smallest absolute Gasteiger partial charge is 0.257 e. The maximum Gasteiger partial charge on any atom is 0.257 e. The molecule has 0 saturated carbocycles. The van der Waals surface area contributed by atoms with E-state index in [9.17, 15) is 4.79 Å². The summed E-state index contributed by atoms with van der Waals surface area (Å²) in [5.41, 5.74) is 3.99. The van der Waals surface area contributed by atoms with E-state index in [1.54, 1.807) is 24.3 Å². The van der Waals surface area contributed by atoms with Crippen LogP contribution >= 0.6 is 23.2 Å². The first-order valence-corrected chi connectivity index (χ1v) is 9.52. The molecule has 0 atom stereocenters. The second kappa shape index (κ2) is 7.78. The lowest BCUT2D eigenvalue weighted by atomic mass is 10.1. The number of hydrogen-bond acceptors (Lipinski definition) is 4. The Morgan fingerprint density at radius 2 is 1.90 bits per heavy atom. The summed E-state index contributed by atoms with van der Waals surface area (Å²) >= 11 is 12.1. The number of carbonyl (C=O) groups excluding carboxylic acids is 1. The molecular weight excluding hydrogens is 411 g/mol. The van der Waals surface area contributed by atoms with E-state index in [0.717, 1.165) is 11.1 Å². The van der Waals surface area contributed by atoms with Crippen molar-refractivity contribution in [3.8, 4) is 17.2 Å². The van der Waals surface area contributed by atoms with Crippen molar-refractivity contribution in [2.24, 2.45) is 0 Å². The highest BCUT2D eigenvalue weighted by Crippen LogP contribution is 2.33. The van der Waals surface area contributed by atoms with Gasteiger partial charge in [-0.3, -0.25) is 4.79 Å². The number of anilines is 1. The Labute approximate surface area is 177 Å². The van der Waals surface area contributed by atoms with Crippen LogP contribution in [0.25, 0.3) is 22.6 Å². The Kier molecular flexibility index (Phi) is 5.18. The van der Waals surface area contributed by atoms with Gasteiger partial charge in [0.1, 0.15) is 11.3 Å². The number of ether oxygens (including phenoxy) is 1. The van der Waals surface area contributed by atoms with Crippen LogP contribution in [0, 0.1) is 6.92 Å². The second-order valence-corrected chi connectivity index (χ2v) is 7.33. The summed E-state index contributed by atoms with van der Waals surface area (Å²) in [7, 11) is 1.53. The number of amides is 1. The van der Waals surface area contributed by atoms with Crippen molar-refractivity contribution in [1.82, 2.24) is 4.98 Å². The van der Waals surface area contributed by atoms with Crippen LogP contribution < -0.4 is 10.1 Å². The van der Waals surface area contributed by atoms with E-state index < -0.39 is 5.91 Å². The quantitative estimate of drug-likeness (QED) is 0.411. The summed E-state index contributed by atoms with van der Waals surface area (Å²) in [5.74, 6) is 0.540. The number of hydrogen-bond donors (Lipinski definition) is 1. The third kappa shape index (κ3) is 3.92. The topological polar surface area (TPSA) is 64.4 Å². The SMILES string of the molecule is COc1ccc(-c2nc3cc(C)ccc3o2)cc1NC(=O)c1cc(Cl)ccc1Cl. The van der Waals surface area contributed by atoms with Crippen molar-refractivity contribution < 1.29 is 13.9 Å². The molecule has 7 heteroatoms. The molecule has 29 heavy (non-hydrogen) atoms. The Morgan fingerprint density at radius 3 is 2.69 bits per heavy atom. The second-order valence-electron chi connectivity index (χ2n) is 6.48. The molecule has 1 amide bonds. The number of oxazole rings is 1. The first-order valence-electron chi connectivity index (χ1n) is 8.76. The third-order valence-corrected chi connectivity index (χ3v) is 4.98. The van der Waals surface area contributed by atoms with Crippen LogP contribution in [0.1, 0.15) is 15.9 Å². The van der Waals surface area contributed by atoms with Crippen LogP contribution in [0.15, 0.2) is 59.0 Å². The van der Waals surface area contributed by atoms with Crippen molar-refractivity contribution >= 4 is 45.9 Å². The van der Waals surface area contributed by atoms with Crippen LogP contribution in [0.5, 0.6) is 5.75 Å². The molecule has 5 nitrogen and oxygen atoms in total. The molecule has 146 valence electrons. The van der Waals surface area contributed by atoms with Gasteiger partial charge in [-0.25, -0.2) is 4.98 Å². The maximum atomic E-state index is 12.7. The van der Waals surface area contributed by atoms with Gasteiger partial charge in [0.05, 0.1) is 23.4 Å². The fourth-order valence-corrected chi connectivity index (χ4v) is 3.34. The zero-order chi connectivity index (χ0) is 20.5. The van der Waals surface area contributed by atoms with Gasteiger partial charge in [-0.05, 0) is 61.0 Å². The molecule has 3 aromatic carbocycles. The number of fused-ring (bicyclic) bond motifs is 1. The van der Waals surface area contributed by atoms with E-state index in [1.807, 2.05) is 31.2 Å². The molecule has 4 rings (SSSR count). The molecule has 0 aliphatic carbocycles. The van der Waals surface area contributed by atoms with Gasteiger partial charge < -0.3 is 14.5 Å². The number of aryl methyl sites for hydroxylation is 1. The van der Waals surface area contributed by atoms with Gasteiger partial charge in [-0.2, -0.15) is 0 Å². The van der Waals surface area contributed by atoms with E-state index in [0.29, 0.717) is 38.5 Å². The summed E-state index contributed by atoms with van der Waals surface area (Å²) in [5, 5.41) is 3.54. The lowest BCUT2D eigenvalue weighted by Gasteiger charge is -2.12. The molecule has 1 N–H and O–H groups in total. The van der Waals surface area contributed by atoms with Gasteiger partial charge in [0.2, 0.25) is 5.89 Å². The minimum absolute atomic E-state index is 0.268. The number of methoxy groups -OCH3 is 1. The summed E-state index contributed by atoms with van der Waals surface area (Å²) in [6.07, 6.45) is 0. The fraction of sp³-hybridized carbons (Fsp3) is 0.0909. The number of aromatic nitrogens is 1. The van der Waals surface area contributed by atoms with Crippen LogP contribution in [-0.4, -0.2) is 18.0 Å². The van der Waals surface area contributed by atoms with Gasteiger partial charge in [-0.15, -0.1) is 0 Å². The molecule has 0 aliphatic heterocycles. The number of halogens is 2. The summed E-state index contributed by atoms with van der Waals surface area (Å²) in [6.45, 7) is 2.00. The van der Waals surface area contributed by atoms with Gasteiger partial charge >= 0.3 is 0 Å². The average molecular weight is 427 g/mol. The molecule has 0 unspecified atom stereocenters. The zero-order valence-electron chi connectivity index (χ0n) is 15.6. The number of rotatable bonds is 4. The summed E-state index contributed by atoms with van der Waals surface area (Å²) in [4.78, 5) is 17.3. The molecule has 0 aliphatic rings. The maximum absolute atomic E-state index is 12.7. The molecule has 0 bridgehead atoms. The van der Waals surface area contributed by atoms with E-state index in [-0.39, 0.29) is 5.56 Å². The molecular formula is C22H16Cl2N2O3. The van der Waals surface area contributed by atoms with E-state index in [1.165, 1.54) is 13.2 Å². The number of carbonyl (C=O) groups is 1. The molecule has 1 aromatic heterocycles. The normalized spacial score (nSPS) is 10.9. The van der Waals surface area contributed by atoms with Crippen molar-refractivity contribution in [1.29, 1.82) is 0 Å². The Hall–Kier alpha value is -3.02. The van der Waals surface area contributed by atoms with Gasteiger partial charge in [0.15, 0.2) is 5.58 Å². The van der Waals surface area contributed by atoms with Crippen molar-refractivity contribution in [3.05, 3.63) is 75.8 Å². The van der Waals surface area contributed by atoms with Gasteiger partial charge in [0, 0.05) is 10.6 Å². The lowest BCUT2D eigenvalue weighted by Crippen LogP contribution is -2.13. The van der Waals surface area contributed by atoms with Gasteiger partial charge in [0.25, 0.3) is 5.91 Å². The van der Waals surface area contributed by atoms with Crippen molar-refractivity contribution in [2.75, 3.05) is 12.4 Å². The predicted octanol–water partition coefficient (Wildman–Crippen LogP) is 6.37. The minimum Gasteiger partial charge on any atom is -0.495 e. The summed E-state index contributed by atoms with van der Waals surface area (Å²) < 4.78 is 11.2. The zero-order valence-corrected chi connectivity index (χ0v) is 17.1. The standard InChI is InChI=1S/C22H16Cl2N2O3/c1-12-3-7-20-17(9-12)26-22(29-20)13-4-8-19(28-2)18(10-13)25-21(27)15-11-14(23)5-6-16(15)24/h3-11H,1-2H3,(H,25,27). The lowest BCUT2D eigenvalue weighted by molar-refractivity contribution is 0.102. The van der Waals surface area contributed by atoms with Crippen LogP contribution in [0.3, 0.4) is 0 Å². The molecule has 0 spiro atoms. The van der Waals surface area contributed by atoms with Crippen LogP contribution in [0.4, 0.5) is 5.69 Å². The monoisotopic (exact) mass is 426 g/mol. The largest absolute Gasteiger partial charge is 0.495 e. The van der Waals surface area contributed by atoms with E-state index in [4.69, 9.17) is 32.4 Å². The van der Waals surface area contributed by atoms with E-state index in [2.05, 4.69) is 10.3 Å². The van der Waals surface area contributed by atoms with Crippen molar-refractivity contribution in [3.63, 3.8) is 0 Å². The molecule has 4 aromatic rings. The third-order valence-electron chi connectivity index (χ3n) is 4.41. The number of nitrogens with zero attached hydrogens (tertiary/aromatic N) is 1. The van der Waals surface area contributed by atoms with Crippen LogP contribution in [-0.2, 0) is 0 Å². The highest BCUT2D eigenvalue weighted by atomic mass is 35.5. The predicted molar refractivity (Wildman–Crippen MR) is 115 cm³/mol. The molecule has 0 radical (unpaired) electrons. The Morgan fingerprint density at radius 1 is 1.07 bits per heavy atom. The Bertz CT molecular complexity index is 1230. The Balaban J connectivity index is 1.71. The average Bonchev–Trinajstić information content (AvgIpc) is 3.12. The van der Waals surface area contributed by atoms with E-state index >= 15 is 0 Å². The van der Waals surface area contributed by atoms with Crippen molar-refractivity contribution in [2.45, 2.75) is 6.92 Å². The first-order chi connectivity index (χ1) is 13.9. The van der Waals surface area contributed by atoms with Gasteiger partial charge in [-0.1, -0.05) is 29.3 Å². The highest BCUT2D eigenvalue weighted by Gasteiger charge is 2.16. The summed E-state index contributed by atoms with van der Waals surface area (Å²) in [6, 6.07) is 15.8. The molecule has 0 fully saturated rings. The highest BCUT2D eigenvalue weighted by molar-refractivity contribution is 6.36. The number of benzene rings is 3. The molecule has 1 heterocycles.